The molecule has 0 atom stereocenters. The summed E-state index contributed by atoms with van der Waals surface area (Å²) in [6.07, 6.45) is 1.72. The number of nitrogens with zero attached hydrogens (tertiary/aromatic N) is 2. The molecule has 98 valence electrons. The summed E-state index contributed by atoms with van der Waals surface area (Å²) in [4.78, 5) is 18.1. The Morgan fingerprint density at radius 2 is 2.26 bits per heavy atom. The maximum absolute atomic E-state index is 11.7. The van der Waals surface area contributed by atoms with Crippen LogP contribution in [0.3, 0.4) is 0 Å². The van der Waals surface area contributed by atoms with E-state index in [9.17, 15) is 4.79 Å². The second-order valence-electron chi connectivity index (χ2n) is 4.50. The first kappa shape index (κ1) is 11.9. The van der Waals surface area contributed by atoms with Crippen LogP contribution in [0.4, 0.5) is 11.4 Å². The third-order valence-electron chi connectivity index (χ3n) is 3.24. The van der Waals surface area contributed by atoms with Gasteiger partial charge in [-0.15, -0.1) is 0 Å². The summed E-state index contributed by atoms with van der Waals surface area (Å²) in [6.45, 7) is 1.62. The second kappa shape index (κ2) is 4.85. The Kier molecular flexibility index (Phi) is 3.05. The smallest absolute Gasteiger partial charge is 0.243 e. The first-order valence-corrected chi connectivity index (χ1v) is 6.21. The summed E-state index contributed by atoms with van der Waals surface area (Å²) < 4.78 is 5.12. The van der Waals surface area contributed by atoms with E-state index in [1.165, 1.54) is 0 Å². The van der Waals surface area contributed by atoms with Gasteiger partial charge >= 0.3 is 0 Å². The highest BCUT2D eigenvalue weighted by Gasteiger charge is 2.24. The van der Waals surface area contributed by atoms with Crippen molar-refractivity contribution in [1.29, 1.82) is 0 Å². The number of rotatable bonds is 3. The first-order chi connectivity index (χ1) is 9.29. The van der Waals surface area contributed by atoms with E-state index in [1.54, 1.807) is 13.3 Å². The van der Waals surface area contributed by atoms with Crippen LogP contribution in [0.25, 0.3) is 10.9 Å². The Hall–Kier alpha value is -2.14. The van der Waals surface area contributed by atoms with Crippen molar-refractivity contribution in [3.8, 4) is 0 Å². The van der Waals surface area contributed by atoms with Crippen molar-refractivity contribution in [3.05, 3.63) is 30.5 Å². The van der Waals surface area contributed by atoms with Crippen molar-refractivity contribution in [2.24, 2.45) is 0 Å². The van der Waals surface area contributed by atoms with Gasteiger partial charge in [-0.1, -0.05) is 18.2 Å². The van der Waals surface area contributed by atoms with Crippen LogP contribution in [0, 0.1) is 0 Å². The Morgan fingerprint density at radius 1 is 1.42 bits per heavy atom. The molecule has 0 spiro atoms. The number of hydrogen-bond acceptors (Lipinski definition) is 4. The van der Waals surface area contributed by atoms with Gasteiger partial charge in [0.1, 0.15) is 0 Å². The molecule has 0 saturated carbocycles. The zero-order valence-electron chi connectivity index (χ0n) is 10.7. The van der Waals surface area contributed by atoms with E-state index < -0.39 is 0 Å². The lowest BCUT2D eigenvalue weighted by molar-refractivity contribution is -0.115. The van der Waals surface area contributed by atoms with Gasteiger partial charge in [0, 0.05) is 19.0 Å². The third-order valence-corrected chi connectivity index (χ3v) is 3.24. The topological polar surface area (TPSA) is 54.5 Å². The standard InChI is InChI=1S/C14H15N3O2/c1-19-7-6-17-9-13(18)16-12-8-15-11-5-3-2-4-10(11)14(12)17/h2-5,8H,6-7,9H2,1H3,(H,16,18). The predicted octanol–water partition coefficient (Wildman–Crippen LogP) is 1.64. The van der Waals surface area contributed by atoms with Crippen LogP contribution in [-0.2, 0) is 9.53 Å². The molecule has 0 radical (unpaired) electrons. The van der Waals surface area contributed by atoms with Gasteiger partial charge < -0.3 is 15.0 Å². The fourth-order valence-corrected chi connectivity index (χ4v) is 2.39. The molecule has 0 bridgehead atoms. The van der Waals surface area contributed by atoms with Crippen molar-refractivity contribution in [2.75, 3.05) is 37.0 Å². The van der Waals surface area contributed by atoms with Gasteiger partial charge in [0.05, 0.1) is 36.2 Å². The molecule has 3 rings (SSSR count). The number of carbonyl (C=O) groups excluding carboxylic acids is 1. The number of fused-ring (bicyclic) bond motifs is 3. The lowest BCUT2D eigenvalue weighted by Crippen LogP contribution is -2.40. The fourth-order valence-electron chi connectivity index (χ4n) is 2.39. The molecule has 5 nitrogen and oxygen atoms in total. The van der Waals surface area contributed by atoms with Crippen molar-refractivity contribution < 1.29 is 9.53 Å². The number of aromatic nitrogens is 1. The monoisotopic (exact) mass is 257 g/mol. The molecular weight excluding hydrogens is 242 g/mol. The molecule has 1 aliphatic heterocycles. The van der Waals surface area contributed by atoms with Crippen LogP contribution in [0.1, 0.15) is 0 Å². The molecule has 19 heavy (non-hydrogen) atoms. The summed E-state index contributed by atoms with van der Waals surface area (Å²) in [7, 11) is 1.66. The first-order valence-electron chi connectivity index (χ1n) is 6.21. The third kappa shape index (κ3) is 2.13. The van der Waals surface area contributed by atoms with E-state index in [0.29, 0.717) is 19.7 Å². The number of para-hydroxylation sites is 1. The van der Waals surface area contributed by atoms with Crippen LogP contribution < -0.4 is 10.2 Å². The summed E-state index contributed by atoms with van der Waals surface area (Å²) in [6, 6.07) is 7.94. The number of ether oxygens (including phenoxy) is 1. The van der Waals surface area contributed by atoms with Crippen molar-refractivity contribution in [2.45, 2.75) is 0 Å². The van der Waals surface area contributed by atoms with E-state index >= 15 is 0 Å². The molecule has 2 heterocycles. The van der Waals surface area contributed by atoms with Crippen LogP contribution >= 0.6 is 0 Å². The van der Waals surface area contributed by atoms with Gasteiger partial charge in [0.2, 0.25) is 5.91 Å². The number of pyridine rings is 1. The normalized spacial score (nSPS) is 14.4. The van der Waals surface area contributed by atoms with Gasteiger partial charge in [0.15, 0.2) is 0 Å². The molecule has 1 amide bonds. The minimum Gasteiger partial charge on any atom is -0.383 e. The van der Waals surface area contributed by atoms with Crippen LogP contribution in [-0.4, -0.2) is 37.7 Å². The number of hydrogen-bond donors (Lipinski definition) is 1. The van der Waals surface area contributed by atoms with Crippen LogP contribution in [0.5, 0.6) is 0 Å². The molecule has 2 aromatic rings. The fraction of sp³-hybridized carbons (Fsp3) is 0.286. The molecule has 1 aliphatic rings. The largest absolute Gasteiger partial charge is 0.383 e. The van der Waals surface area contributed by atoms with E-state index in [-0.39, 0.29) is 5.91 Å². The number of methoxy groups -OCH3 is 1. The molecule has 0 unspecified atom stereocenters. The highest BCUT2D eigenvalue weighted by Crippen LogP contribution is 2.35. The summed E-state index contributed by atoms with van der Waals surface area (Å²) >= 11 is 0. The number of carbonyl (C=O) groups is 1. The molecule has 0 fully saturated rings. The van der Waals surface area contributed by atoms with Gasteiger partial charge in [-0.25, -0.2) is 0 Å². The molecule has 1 N–H and O–H groups in total. The zero-order chi connectivity index (χ0) is 13.2. The Balaban J connectivity index is 2.13. The van der Waals surface area contributed by atoms with Gasteiger partial charge in [-0.2, -0.15) is 0 Å². The number of benzene rings is 1. The lowest BCUT2D eigenvalue weighted by Gasteiger charge is -2.31. The molecule has 5 heteroatoms. The summed E-state index contributed by atoms with van der Waals surface area (Å²) in [5, 5.41) is 3.93. The molecule has 0 saturated heterocycles. The zero-order valence-corrected chi connectivity index (χ0v) is 10.7. The van der Waals surface area contributed by atoms with Gasteiger partial charge in [-0.05, 0) is 6.07 Å². The quantitative estimate of drug-likeness (QED) is 0.908. The van der Waals surface area contributed by atoms with Gasteiger partial charge in [-0.3, -0.25) is 9.78 Å². The maximum Gasteiger partial charge on any atom is 0.243 e. The second-order valence-corrected chi connectivity index (χ2v) is 4.50. The Bertz CT molecular complexity index is 627. The highest BCUT2D eigenvalue weighted by molar-refractivity contribution is 6.08. The molecule has 0 aliphatic carbocycles. The average molecular weight is 257 g/mol. The van der Waals surface area contributed by atoms with E-state index in [1.807, 2.05) is 29.2 Å². The molecule has 1 aromatic heterocycles. The maximum atomic E-state index is 11.7. The van der Waals surface area contributed by atoms with Crippen molar-refractivity contribution >= 4 is 28.2 Å². The number of anilines is 2. The number of nitrogens with one attached hydrogen (secondary N) is 1. The lowest BCUT2D eigenvalue weighted by atomic mass is 10.1. The molecule has 1 aromatic carbocycles. The van der Waals surface area contributed by atoms with Crippen molar-refractivity contribution in [1.82, 2.24) is 4.98 Å². The van der Waals surface area contributed by atoms with Crippen LogP contribution in [0.15, 0.2) is 30.5 Å². The summed E-state index contributed by atoms with van der Waals surface area (Å²) in [5.74, 6) is -0.0133. The van der Waals surface area contributed by atoms with E-state index in [4.69, 9.17) is 4.74 Å². The average Bonchev–Trinajstić information content (AvgIpc) is 2.44. The van der Waals surface area contributed by atoms with Crippen molar-refractivity contribution in [3.63, 3.8) is 0 Å². The Labute approximate surface area is 111 Å². The van der Waals surface area contributed by atoms with Crippen LogP contribution in [0.2, 0.25) is 0 Å². The van der Waals surface area contributed by atoms with E-state index in [2.05, 4.69) is 10.3 Å². The SMILES string of the molecule is COCCN1CC(=O)Nc2cnc3ccccc3c21. The Morgan fingerprint density at radius 3 is 3.11 bits per heavy atom. The predicted molar refractivity (Wildman–Crippen MR) is 74.5 cm³/mol. The minimum atomic E-state index is -0.0133. The number of amides is 1. The summed E-state index contributed by atoms with van der Waals surface area (Å²) in [5.41, 5.74) is 2.73. The molecular formula is C14H15N3O2. The highest BCUT2D eigenvalue weighted by atomic mass is 16.5. The van der Waals surface area contributed by atoms with E-state index in [0.717, 1.165) is 22.3 Å². The van der Waals surface area contributed by atoms with Gasteiger partial charge in [0.25, 0.3) is 0 Å². The minimum absolute atomic E-state index is 0.0133.